The summed E-state index contributed by atoms with van der Waals surface area (Å²) in [5.74, 6) is -0.00767. The first kappa shape index (κ1) is 11.5. The Morgan fingerprint density at radius 3 is 2.71 bits per heavy atom. The Kier molecular flexibility index (Phi) is 3.62. The van der Waals surface area contributed by atoms with Crippen LogP contribution in [0.1, 0.15) is 5.69 Å². The quantitative estimate of drug-likeness (QED) is 0.878. The van der Waals surface area contributed by atoms with Crippen LogP contribution in [0.15, 0.2) is 36.7 Å². The average molecular weight is 233 g/mol. The van der Waals surface area contributed by atoms with Gasteiger partial charge in [0.05, 0.1) is 18.1 Å². The van der Waals surface area contributed by atoms with E-state index in [1.807, 2.05) is 7.05 Å². The second kappa shape index (κ2) is 5.36. The first-order valence-corrected chi connectivity index (χ1v) is 5.17. The van der Waals surface area contributed by atoms with Crippen molar-refractivity contribution in [1.82, 2.24) is 15.3 Å². The molecule has 1 N–H and O–H groups in total. The summed E-state index contributed by atoms with van der Waals surface area (Å²) in [5.41, 5.74) is 0.799. The maximum absolute atomic E-state index is 13.3. The van der Waals surface area contributed by atoms with Gasteiger partial charge in [0.2, 0.25) is 5.88 Å². The summed E-state index contributed by atoms with van der Waals surface area (Å²) in [5, 5.41) is 2.96. The van der Waals surface area contributed by atoms with Crippen molar-refractivity contribution in [1.29, 1.82) is 0 Å². The third-order valence-corrected chi connectivity index (χ3v) is 2.09. The van der Waals surface area contributed by atoms with Crippen molar-refractivity contribution in [2.45, 2.75) is 6.54 Å². The van der Waals surface area contributed by atoms with Gasteiger partial charge in [0, 0.05) is 6.54 Å². The molecule has 0 aliphatic carbocycles. The van der Waals surface area contributed by atoms with Gasteiger partial charge in [-0.25, -0.2) is 9.37 Å². The van der Waals surface area contributed by atoms with Gasteiger partial charge in [-0.2, -0.15) is 0 Å². The zero-order valence-corrected chi connectivity index (χ0v) is 9.35. The van der Waals surface area contributed by atoms with Crippen molar-refractivity contribution in [2.75, 3.05) is 7.05 Å². The molecular weight excluding hydrogens is 221 g/mol. The first-order valence-electron chi connectivity index (χ1n) is 5.17. The normalized spacial score (nSPS) is 10.2. The topological polar surface area (TPSA) is 47.0 Å². The smallest absolute Gasteiger partial charge is 0.237 e. The Bertz CT molecular complexity index is 487. The standard InChI is InChI=1S/C12H12FN3O/c1-14-6-9-7-16-12(8-15-9)17-11-5-3-2-4-10(11)13/h2-5,7-8,14H,6H2,1H3. The van der Waals surface area contributed by atoms with Crippen molar-refractivity contribution in [3.8, 4) is 11.6 Å². The van der Waals surface area contributed by atoms with Crippen LogP contribution >= 0.6 is 0 Å². The minimum absolute atomic E-state index is 0.142. The highest BCUT2D eigenvalue weighted by Crippen LogP contribution is 2.21. The van der Waals surface area contributed by atoms with Crippen LogP contribution in [0.4, 0.5) is 4.39 Å². The number of halogens is 1. The predicted octanol–water partition coefficient (Wildman–Crippen LogP) is 2.13. The molecule has 0 aliphatic heterocycles. The van der Waals surface area contributed by atoms with E-state index < -0.39 is 5.82 Å². The Balaban J connectivity index is 2.11. The number of rotatable bonds is 4. The number of benzene rings is 1. The van der Waals surface area contributed by atoms with Crippen LogP contribution in [0, 0.1) is 5.82 Å². The van der Waals surface area contributed by atoms with E-state index in [0.29, 0.717) is 6.54 Å². The molecular formula is C12H12FN3O. The molecule has 0 atom stereocenters. The van der Waals surface area contributed by atoms with Crippen molar-refractivity contribution >= 4 is 0 Å². The Labute approximate surface area is 98.5 Å². The maximum Gasteiger partial charge on any atom is 0.237 e. The molecule has 0 unspecified atom stereocenters. The number of nitrogens with zero attached hydrogens (tertiary/aromatic N) is 2. The number of para-hydroxylation sites is 1. The van der Waals surface area contributed by atoms with Gasteiger partial charge in [0.25, 0.3) is 0 Å². The molecule has 0 fully saturated rings. The van der Waals surface area contributed by atoms with Crippen molar-refractivity contribution in [3.63, 3.8) is 0 Å². The Morgan fingerprint density at radius 2 is 2.06 bits per heavy atom. The summed E-state index contributed by atoms with van der Waals surface area (Å²) < 4.78 is 18.6. The molecule has 0 saturated carbocycles. The van der Waals surface area contributed by atoms with Crippen molar-refractivity contribution in [2.24, 2.45) is 0 Å². The molecule has 0 spiro atoms. The molecule has 1 aromatic heterocycles. The molecule has 0 aliphatic rings. The summed E-state index contributed by atoms with van der Waals surface area (Å²) in [7, 11) is 1.82. The average Bonchev–Trinajstić information content (AvgIpc) is 2.35. The number of hydrogen-bond donors (Lipinski definition) is 1. The highest BCUT2D eigenvalue weighted by atomic mass is 19.1. The van der Waals surface area contributed by atoms with Crippen LogP contribution in [0.2, 0.25) is 0 Å². The Hall–Kier alpha value is -2.01. The fourth-order valence-corrected chi connectivity index (χ4v) is 1.31. The predicted molar refractivity (Wildman–Crippen MR) is 61.3 cm³/mol. The zero-order chi connectivity index (χ0) is 12.1. The fourth-order valence-electron chi connectivity index (χ4n) is 1.31. The lowest BCUT2D eigenvalue weighted by Gasteiger charge is -2.05. The number of ether oxygens (including phenoxy) is 1. The van der Waals surface area contributed by atoms with Gasteiger partial charge in [-0.3, -0.25) is 4.98 Å². The number of aromatic nitrogens is 2. The van der Waals surface area contributed by atoms with E-state index in [0.717, 1.165) is 5.69 Å². The summed E-state index contributed by atoms with van der Waals surface area (Å²) >= 11 is 0. The lowest BCUT2D eigenvalue weighted by atomic mass is 10.3. The summed E-state index contributed by atoms with van der Waals surface area (Å²) in [6, 6.07) is 6.17. The fraction of sp³-hybridized carbons (Fsp3) is 0.167. The highest BCUT2D eigenvalue weighted by molar-refractivity contribution is 5.27. The highest BCUT2D eigenvalue weighted by Gasteiger charge is 2.04. The van der Waals surface area contributed by atoms with E-state index >= 15 is 0 Å². The van der Waals surface area contributed by atoms with Gasteiger partial charge in [-0.1, -0.05) is 12.1 Å². The second-order valence-corrected chi connectivity index (χ2v) is 3.41. The molecule has 88 valence electrons. The maximum atomic E-state index is 13.3. The molecule has 1 aromatic carbocycles. The monoisotopic (exact) mass is 233 g/mol. The van der Waals surface area contributed by atoms with E-state index in [1.54, 1.807) is 24.4 Å². The van der Waals surface area contributed by atoms with E-state index in [4.69, 9.17) is 4.74 Å². The van der Waals surface area contributed by atoms with Gasteiger partial charge < -0.3 is 10.1 Å². The molecule has 0 saturated heterocycles. The molecule has 0 radical (unpaired) electrons. The van der Waals surface area contributed by atoms with Crippen LogP contribution in [0.3, 0.4) is 0 Å². The molecule has 2 rings (SSSR count). The van der Waals surface area contributed by atoms with E-state index in [-0.39, 0.29) is 11.6 Å². The van der Waals surface area contributed by atoms with Gasteiger partial charge in [-0.15, -0.1) is 0 Å². The van der Waals surface area contributed by atoms with Crippen molar-refractivity contribution < 1.29 is 9.13 Å². The van der Waals surface area contributed by atoms with Crippen LogP contribution in [-0.4, -0.2) is 17.0 Å². The molecule has 0 amide bonds. The molecule has 17 heavy (non-hydrogen) atoms. The largest absolute Gasteiger partial charge is 0.434 e. The van der Waals surface area contributed by atoms with Gasteiger partial charge >= 0.3 is 0 Å². The van der Waals surface area contributed by atoms with E-state index in [1.165, 1.54) is 12.3 Å². The minimum atomic E-state index is -0.423. The molecule has 5 heteroatoms. The van der Waals surface area contributed by atoms with Gasteiger partial charge in [0.1, 0.15) is 0 Å². The third-order valence-electron chi connectivity index (χ3n) is 2.09. The van der Waals surface area contributed by atoms with Crippen LogP contribution in [-0.2, 0) is 6.54 Å². The summed E-state index contributed by atoms with van der Waals surface area (Å²) in [4.78, 5) is 8.16. The molecule has 1 heterocycles. The van der Waals surface area contributed by atoms with Crippen molar-refractivity contribution in [3.05, 3.63) is 48.2 Å². The zero-order valence-electron chi connectivity index (χ0n) is 9.35. The molecule has 2 aromatic rings. The van der Waals surface area contributed by atoms with E-state index in [2.05, 4.69) is 15.3 Å². The van der Waals surface area contributed by atoms with Crippen LogP contribution < -0.4 is 10.1 Å². The SMILES string of the molecule is CNCc1cnc(Oc2ccccc2F)cn1. The second-order valence-electron chi connectivity index (χ2n) is 3.41. The molecule has 4 nitrogen and oxygen atoms in total. The summed E-state index contributed by atoms with van der Waals surface area (Å²) in [6.07, 6.45) is 3.06. The molecule has 0 bridgehead atoms. The Morgan fingerprint density at radius 1 is 1.24 bits per heavy atom. The number of nitrogens with one attached hydrogen (secondary N) is 1. The lowest BCUT2D eigenvalue weighted by Crippen LogP contribution is -2.07. The van der Waals surface area contributed by atoms with Crippen LogP contribution in [0.25, 0.3) is 0 Å². The third kappa shape index (κ3) is 2.98. The minimum Gasteiger partial charge on any atom is -0.434 e. The number of hydrogen-bond acceptors (Lipinski definition) is 4. The summed E-state index contributed by atoms with van der Waals surface area (Å²) in [6.45, 7) is 0.632. The first-order chi connectivity index (χ1) is 8.29. The van der Waals surface area contributed by atoms with Crippen LogP contribution in [0.5, 0.6) is 11.6 Å². The van der Waals surface area contributed by atoms with E-state index in [9.17, 15) is 4.39 Å². The van der Waals surface area contributed by atoms with Gasteiger partial charge in [0.15, 0.2) is 11.6 Å². The van der Waals surface area contributed by atoms with Gasteiger partial charge in [-0.05, 0) is 19.2 Å². The lowest BCUT2D eigenvalue weighted by molar-refractivity contribution is 0.424.